The van der Waals surface area contributed by atoms with Gasteiger partial charge in [0.05, 0.1) is 4.92 Å². The SMILES string of the molecule is CC(Cc1ccc(F)cc1)NCc1ccc([N+](=O)[O-])s1. The molecule has 1 aromatic heterocycles. The molecule has 0 aliphatic heterocycles. The monoisotopic (exact) mass is 294 g/mol. The minimum absolute atomic E-state index is 0.160. The average Bonchev–Trinajstić information content (AvgIpc) is 2.88. The molecule has 4 nitrogen and oxygen atoms in total. The fourth-order valence-electron chi connectivity index (χ4n) is 1.88. The van der Waals surface area contributed by atoms with Crippen LogP contribution in [-0.4, -0.2) is 11.0 Å². The van der Waals surface area contributed by atoms with E-state index >= 15 is 0 Å². The van der Waals surface area contributed by atoms with Gasteiger partial charge < -0.3 is 5.32 Å². The van der Waals surface area contributed by atoms with Crippen molar-refractivity contribution < 1.29 is 9.31 Å². The van der Waals surface area contributed by atoms with Gasteiger partial charge >= 0.3 is 5.00 Å². The molecule has 0 amide bonds. The van der Waals surface area contributed by atoms with Crippen molar-refractivity contribution in [3.05, 3.63) is 62.8 Å². The molecule has 1 heterocycles. The van der Waals surface area contributed by atoms with E-state index in [4.69, 9.17) is 0 Å². The second kappa shape index (κ2) is 6.58. The number of thiophene rings is 1. The highest BCUT2D eigenvalue weighted by Crippen LogP contribution is 2.23. The molecule has 1 aromatic carbocycles. The fourth-order valence-corrected chi connectivity index (χ4v) is 2.65. The maximum absolute atomic E-state index is 12.8. The van der Waals surface area contributed by atoms with Crippen LogP contribution in [0.3, 0.4) is 0 Å². The molecule has 0 saturated heterocycles. The Labute approximate surface area is 120 Å². The lowest BCUT2D eigenvalue weighted by Gasteiger charge is -2.13. The van der Waals surface area contributed by atoms with Crippen LogP contribution < -0.4 is 5.32 Å². The Morgan fingerprint density at radius 1 is 1.30 bits per heavy atom. The second-order valence-electron chi connectivity index (χ2n) is 4.61. The molecule has 0 bridgehead atoms. The van der Waals surface area contributed by atoms with Crippen LogP contribution in [0.1, 0.15) is 17.4 Å². The molecule has 20 heavy (non-hydrogen) atoms. The van der Waals surface area contributed by atoms with Crippen LogP contribution in [0.4, 0.5) is 9.39 Å². The Hall–Kier alpha value is -1.79. The maximum Gasteiger partial charge on any atom is 0.324 e. The highest BCUT2D eigenvalue weighted by Gasteiger charge is 2.10. The van der Waals surface area contributed by atoms with Crippen molar-refractivity contribution >= 4 is 16.3 Å². The van der Waals surface area contributed by atoms with E-state index in [0.29, 0.717) is 6.54 Å². The molecule has 106 valence electrons. The summed E-state index contributed by atoms with van der Waals surface area (Å²) in [6, 6.07) is 9.93. The number of nitrogens with one attached hydrogen (secondary N) is 1. The van der Waals surface area contributed by atoms with E-state index in [9.17, 15) is 14.5 Å². The highest BCUT2D eigenvalue weighted by atomic mass is 32.1. The van der Waals surface area contributed by atoms with E-state index in [1.165, 1.54) is 29.5 Å². The van der Waals surface area contributed by atoms with Gasteiger partial charge in [0, 0.05) is 23.5 Å². The summed E-state index contributed by atoms with van der Waals surface area (Å²) in [6.07, 6.45) is 0.785. The minimum Gasteiger partial charge on any atom is -0.309 e. The molecule has 0 saturated carbocycles. The number of halogens is 1. The molecule has 0 aliphatic rings. The normalized spacial score (nSPS) is 12.3. The van der Waals surface area contributed by atoms with Gasteiger partial charge in [-0.15, -0.1) is 0 Å². The number of nitro groups is 1. The molecular formula is C14H15FN2O2S. The molecule has 0 spiro atoms. The van der Waals surface area contributed by atoms with Crippen molar-refractivity contribution in [1.29, 1.82) is 0 Å². The first-order valence-corrected chi connectivity index (χ1v) is 7.07. The quantitative estimate of drug-likeness (QED) is 0.655. The predicted octanol–water partition coefficient (Wildman–Crippen LogP) is 3.52. The van der Waals surface area contributed by atoms with Crippen molar-refractivity contribution in [2.45, 2.75) is 25.9 Å². The number of hydrogen-bond donors (Lipinski definition) is 1. The molecule has 6 heteroatoms. The number of benzene rings is 1. The second-order valence-corrected chi connectivity index (χ2v) is 5.76. The standard InChI is InChI=1S/C14H15FN2O2S/c1-10(8-11-2-4-12(15)5-3-11)16-9-13-6-7-14(20-13)17(18)19/h2-7,10,16H,8-9H2,1H3. The summed E-state index contributed by atoms with van der Waals surface area (Å²) in [5.74, 6) is -0.236. The van der Waals surface area contributed by atoms with Gasteiger partial charge in [-0.05, 0) is 37.1 Å². The average molecular weight is 294 g/mol. The lowest BCUT2D eigenvalue weighted by molar-refractivity contribution is -0.380. The van der Waals surface area contributed by atoms with E-state index < -0.39 is 0 Å². The number of rotatable bonds is 6. The summed E-state index contributed by atoms with van der Waals surface area (Å²) in [6.45, 7) is 2.63. The van der Waals surface area contributed by atoms with Crippen molar-refractivity contribution in [2.24, 2.45) is 0 Å². The van der Waals surface area contributed by atoms with Gasteiger partial charge in [-0.1, -0.05) is 23.5 Å². The first-order valence-electron chi connectivity index (χ1n) is 6.25. The Morgan fingerprint density at radius 2 is 2.00 bits per heavy atom. The summed E-state index contributed by atoms with van der Waals surface area (Å²) < 4.78 is 12.8. The van der Waals surface area contributed by atoms with Crippen molar-refractivity contribution in [3.63, 3.8) is 0 Å². The van der Waals surface area contributed by atoms with Gasteiger partial charge in [0.1, 0.15) is 5.82 Å². The molecule has 1 N–H and O–H groups in total. The van der Waals surface area contributed by atoms with Crippen LogP contribution in [-0.2, 0) is 13.0 Å². The molecular weight excluding hydrogens is 279 g/mol. The van der Waals surface area contributed by atoms with Gasteiger partial charge in [0.15, 0.2) is 0 Å². The summed E-state index contributed by atoms with van der Waals surface area (Å²) in [5, 5.41) is 14.1. The van der Waals surface area contributed by atoms with E-state index in [2.05, 4.69) is 5.32 Å². The van der Waals surface area contributed by atoms with Crippen molar-refractivity contribution in [2.75, 3.05) is 0 Å². The van der Waals surface area contributed by atoms with Crippen molar-refractivity contribution in [1.82, 2.24) is 5.32 Å². The first-order chi connectivity index (χ1) is 9.54. The highest BCUT2D eigenvalue weighted by molar-refractivity contribution is 7.15. The Kier molecular flexibility index (Phi) is 4.81. The summed E-state index contributed by atoms with van der Waals surface area (Å²) in [5.41, 5.74) is 1.06. The molecule has 1 unspecified atom stereocenters. The van der Waals surface area contributed by atoms with E-state index in [0.717, 1.165) is 16.9 Å². The molecule has 0 fully saturated rings. The Balaban J connectivity index is 1.83. The lowest BCUT2D eigenvalue weighted by atomic mass is 10.1. The third-order valence-electron chi connectivity index (χ3n) is 2.91. The van der Waals surface area contributed by atoms with Crippen molar-refractivity contribution in [3.8, 4) is 0 Å². The first kappa shape index (κ1) is 14.6. The van der Waals surface area contributed by atoms with E-state index in [-0.39, 0.29) is 21.8 Å². The largest absolute Gasteiger partial charge is 0.324 e. The fraction of sp³-hybridized carbons (Fsp3) is 0.286. The topological polar surface area (TPSA) is 55.2 Å². The van der Waals surface area contributed by atoms with Gasteiger partial charge in [-0.2, -0.15) is 0 Å². The zero-order chi connectivity index (χ0) is 14.5. The van der Waals surface area contributed by atoms with Crippen LogP contribution >= 0.6 is 11.3 Å². The Morgan fingerprint density at radius 3 is 2.60 bits per heavy atom. The van der Waals surface area contributed by atoms with E-state index in [1.807, 2.05) is 6.92 Å². The van der Waals surface area contributed by atoms with Gasteiger partial charge in [0.2, 0.25) is 0 Å². The zero-order valence-corrected chi connectivity index (χ0v) is 11.8. The van der Waals surface area contributed by atoms with Crippen LogP contribution in [0, 0.1) is 15.9 Å². The van der Waals surface area contributed by atoms with Gasteiger partial charge in [0.25, 0.3) is 0 Å². The summed E-state index contributed by atoms with van der Waals surface area (Å²) in [4.78, 5) is 11.1. The molecule has 2 aromatic rings. The molecule has 1 atom stereocenters. The third kappa shape index (κ3) is 4.11. The van der Waals surface area contributed by atoms with Crippen LogP contribution in [0.5, 0.6) is 0 Å². The minimum atomic E-state index is -0.379. The van der Waals surface area contributed by atoms with E-state index in [1.54, 1.807) is 18.2 Å². The number of hydrogen-bond acceptors (Lipinski definition) is 4. The third-order valence-corrected chi connectivity index (χ3v) is 3.94. The van der Waals surface area contributed by atoms with Gasteiger partial charge in [-0.25, -0.2) is 4.39 Å². The Bertz CT molecular complexity index is 583. The summed E-state index contributed by atoms with van der Waals surface area (Å²) in [7, 11) is 0. The molecule has 2 rings (SSSR count). The van der Waals surface area contributed by atoms with Crippen LogP contribution in [0.2, 0.25) is 0 Å². The molecule has 0 aliphatic carbocycles. The lowest BCUT2D eigenvalue weighted by Crippen LogP contribution is -2.27. The number of nitrogens with zero attached hydrogens (tertiary/aromatic N) is 1. The van der Waals surface area contributed by atoms with Gasteiger partial charge in [-0.3, -0.25) is 10.1 Å². The molecule has 0 radical (unpaired) electrons. The zero-order valence-electron chi connectivity index (χ0n) is 11.0. The smallest absolute Gasteiger partial charge is 0.309 e. The maximum atomic E-state index is 12.8. The predicted molar refractivity (Wildman–Crippen MR) is 77.4 cm³/mol. The van der Waals surface area contributed by atoms with Crippen LogP contribution in [0.25, 0.3) is 0 Å². The van der Waals surface area contributed by atoms with Crippen LogP contribution in [0.15, 0.2) is 36.4 Å². The summed E-state index contributed by atoms with van der Waals surface area (Å²) >= 11 is 1.18.